The number of hydrogen-bond donors (Lipinski definition) is 0. The average Bonchev–Trinajstić information content (AvgIpc) is 2.52. The minimum Gasteiger partial charge on any atom is -0.457 e. The SMILES string of the molecule is CCCCCCCCOC(=O)C(=O)OCc1ccccc1. The normalized spacial score (nSPS) is 10.1. The monoisotopic (exact) mass is 292 g/mol. The molecule has 1 rings (SSSR count). The summed E-state index contributed by atoms with van der Waals surface area (Å²) in [5.74, 6) is -1.83. The number of benzene rings is 1. The zero-order valence-electron chi connectivity index (χ0n) is 12.7. The van der Waals surface area contributed by atoms with Crippen LogP contribution in [0.25, 0.3) is 0 Å². The molecule has 0 unspecified atom stereocenters. The average molecular weight is 292 g/mol. The molecule has 0 aliphatic carbocycles. The molecule has 0 aromatic heterocycles. The second kappa shape index (κ2) is 10.9. The van der Waals surface area contributed by atoms with Gasteiger partial charge in [-0.2, -0.15) is 0 Å². The first-order valence-corrected chi connectivity index (χ1v) is 7.62. The predicted octanol–water partition coefficient (Wildman–Crippen LogP) is 3.63. The van der Waals surface area contributed by atoms with Gasteiger partial charge in [-0.25, -0.2) is 9.59 Å². The van der Waals surface area contributed by atoms with Crippen molar-refractivity contribution in [2.75, 3.05) is 6.61 Å². The van der Waals surface area contributed by atoms with Crippen LogP contribution in [0.1, 0.15) is 51.0 Å². The molecule has 0 saturated heterocycles. The van der Waals surface area contributed by atoms with Gasteiger partial charge in [-0.15, -0.1) is 0 Å². The summed E-state index contributed by atoms with van der Waals surface area (Å²) in [4.78, 5) is 22.8. The third-order valence-corrected chi connectivity index (χ3v) is 3.11. The molecule has 0 radical (unpaired) electrons. The van der Waals surface area contributed by atoms with E-state index in [4.69, 9.17) is 9.47 Å². The Kier molecular flexibility index (Phi) is 8.93. The van der Waals surface area contributed by atoms with Gasteiger partial charge < -0.3 is 9.47 Å². The lowest BCUT2D eigenvalue weighted by atomic mass is 10.1. The molecule has 0 atom stereocenters. The first-order valence-electron chi connectivity index (χ1n) is 7.62. The molecule has 0 bridgehead atoms. The van der Waals surface area contributed by atoms with E-state index in [-0.39, 0.29) is 13.2 Å². The molecular weight excluding hydrogens is 268 g/mol. The van der Waals surface area contributed by atoms with E-state index in [0.29, 0.717) is 0 Å². The van der Waals surface area contributed by atoms with Gasteiger partial charge in [-0.3, -0.25) is 0 Å². The predicted molar refractivity (Wildman–Crippen MR) is 80.6 cm³/mol. The van der Waals surface area contributed by atoms with Crippen LogP contribution in [-0.2, 0) is 25.7 Å². The van der Waals surface area contributed by atoms with Crippen molar-refractivity contribution < 1.29 is 19.1 Å². The molecule has 0 N–H and O–H groups in total. The number of unbranched alkanes of at least 4 members (excludes halogenated alkanes) is 5. The minimum absolute atomic E-state index is 0.0891. The van der Waals surface area contributed by atoms with Crippen molar-refractivity contribution in [3.05, 3.63) is 35.9 Å². The van der Waals surface area contributed by atoms with Crippen molar-refractivity contribution in [2.45, 2.75) is 52.1 Å². The molecule has 1 aromatic carbocycles. The van der Waals surface area contributed by atoms with Crippen molar-refractivity contribution in [1.82, 2.24) is 0 Å². The highest BCUT2D eigenvalue weighted by molar-refractivity contribution is 6.29. The number of rotatable bonds is 9. The van der Waals surface area contributed by atoms with Crippen LogP contribution in [0.3, 0.4) is 0 Å². The van der Waals surface area contributed by atoms with Crippen molar-refractivity contribution in [1.29, 1.82) is 0 Å². The lowest BCUT2D eigenvalue weighted by molar-refractivity contribution is -0.168. The molecule has 0 aliphatic rings. The molecule has 0 fully saturated rings. The largest absolute Gasteiger partial charge is 0.457 e. The van der Waals surface area contributed by atoms with Gasteiger partial charge in [0.05, 0.1) is 6.61 Å². The highest BCUT2D eigenvalue weighted by Crippen LogP contribution is 2.05. The van der Waals surface area contributed by atoms with Gasteiger partial charge in [-0.05, 0) is 12.0 Å². The minimum atomic E-state index is -0.926. The highest BCUT2D eigenvalue weighted by Gasteiger charge is 2.16. The molecule has 0 heterocycles. The van der Waals surface area contributed by atoms with Crippen LogP contribution in [0.5, 0.6) is 0 Å². The Bertz CT molecular complexity index is 414. The molecule has 1 aromatic rings. The number of carbonyl (C=O) groups is 2. The second-order valence-corrected chi connectivity index (χ2v) is 4.97. The summed E-state index contributed by atoms with van der Waals surface area (Å²) < 4.78 is 9.77. The van der Waals surface area contributed by atoms with Crippen molar-refractivity contribution in [2.24, 2.45) is 0 Å². The van der Waals surface area contributed by atoms with Crippen molar-refractivity contribution in [3.63, 3.8) is 0 Å². The van der Waals surface area contributed by atoms with Gasteiger partial charge in [0.25, 0.3) is 0 Å². The Morgan fingerprint density at radius 3 is 2.19 bits per heavy atom. The molecule has 4 nitrogen and oxygen atoms in total. The molecule has 0 saturated carbocycles. The summed E-state index contributed by atoms with van der Waals surface area (Å²) in [5, 5.41) is 0. The molecule has 4 heteroatoms. The summed E-state index contributed by atoms with van der Waals surface area (Å²) in [6, 6.07) is 9.23. The van der Waals surface area contributed by atoms with Gasteiger partial charge in [0, 0.05) is 0 Å². The summed E-state index contributed by atoms with van der Waals surface area (Å²) >= 11 is 0. The van der Waals surface area contributed by atoms with Crippen LogP contribution in [-0.4, -0.2) is 18.5 Å². The van der Waals surface area contributed by atoms with E-state index in [0.717, 1.165) is 24.8 Å². The van der Waals surface area contributed by atoms with E-state index < -0.39 is 11.9 Å². The lowest BCUT2D eigenvalue weighted by Crippen LogP contribution is -2.20. The Balaban J connectivity index is 2.07. The van der Waals surface area contributed by atoms with Gasteiger partial charge >= 0.3 is 11.9 Å². The Morgan fingerprint density at radius 2 is 1.48 bits per heavy atom. The molecule has 116 valence electrons. The maximum Gasteiger partial charge on any atom is 0.417 e. The topological polar surface area (TPSA) is 52.6 Å². The zero-order valence-corrected chi connectivity index (χ0v) is 12.7. The zero-order chi connectivity index (χ0) is 15.3. The highest BCUT2D eigenvalue weighted by atomic mass is 16.6. The quantitative estimate of drug-likeness (QED) is 0.396. The van der Waals surface area contributed by atoms with E-state index in [1.807, 2.05) is 30.3 Å². The van der Waals surface area contributed by atoms with E-state index in [1.165, 1.54) is 19.3 Å². The second-order valence-electron chi connectivity index (χ2n) is 4.97. The van der Waals surface area contributed by atoms with E-state index >= 15 is 0 Å². The summed E-state index contributed by atoms with van der Waals surface area (Å²) in [6.45, 7) is 2.54. The smallest absolute Gasteiger partial charge is 0.417 e. The van der Waals surface area contributed by atoms with E-state index in [1.54, 1.807) is 0 Å². The standard InChI is InChI=1S/C17H24O4/c1-2-3-4-5-6-10-13-20-16(18)17(19)21-14-15-11-8-7-9-12-15/h7-9,11-12H,2-6,10,13-14H2,1H3. The fourth-order valence-electron chi connectivity index (χ4n) is 1.89. The van der Waals surface area contributed by atoms with Crippen LogP contribution in [0.15, 0.2) is 30.3 Å². The van der Waals surface area contributed by atoms with E-state index in [2.05, 4.69) is 6.92 Å². The first kappa shape index (κ1) is 17.2. The summed E-state index contributed by atoms with van der Waals surface area (Å²) in [6.07, 6.45) is 6.62. The number of hydrogen-bond acceptors (Lipinski definition) is 4. The van der Waals surface area contributed by atoms with Crippen LogP contribution < -0.4 is 0 Å². The number of ether oxygens (including phenoxy) is 2. The molecule has 0 aliphatic heterocycles. The first-order chi connectivity index (χ1) is 10.2. The van der Waals surface area contributed by atoms with Crippen molar-refractivity contribution in [3.8, 4) is 0 Å². The third kappa shape index (κ3) is 8.12. The van der Waals surface area contributed by atoms with E-state index in [9.17, 15) is 9.59 Å². The fourth-order valence-corrected chi connectivity index (χ4v) is 1.89. The van der Waals surface area contributed by atoms with Crippen LogP contribution in [0, 0.1) is 0 Å². The molecule has 0 amide bonds. The maximum absolute atomic E-state index is 11.4. The van der Waals surface area contributed by atoms with Crippen molar-refractivity contribution >= 4 is 11.9 Å². The van der Waals surface area contributed by atoms with Crippen LogP contribution in [0.4, 0.5) is 0 Å². The molecule has 0 spiro atoms. The Hall–Kier alpha value is -1.84. The van der Waals surface area contributed by atoms with Gasteiger partial charge in [0.2, 0.25) is 0 Å². The third-order valence-electron chi connectivity index (χ3n) is 3.11. The maximum atomic E-state index is 11.4. The number of esters is 2. The van der Waals surface area contributed by atoms with Crippen LogP contribution in [0.2, 0.25) is 0 Å². The fraction of sp³-hybridized carbons (Fsp3) is 0.529. The number of carbonyl (C=O) groups excluding carboxylic acids is 2. The Morgan fingerprint density at radius 1 is 0.857 bits per heavy atom. The van der Waals surface area contributed by atoms with Gasteiger partial charge in [-0.1, -0.05) is 69.4 Å². The van der Waals surface area contributed by atoms with Gasteiger partial charge in [0.15, 0.2) is 0 Å². The lowest BCUT2D eigenvalue weighted by Gasteiger charge is -2.05. The molecular formula is C17H24O4. The molecule has 21 heavy (non-hydrogen) atoms. The van der Waals surface area contributed by atoms with Gasteiger partial charge in [0.1, 0.15) is 6.61 Å². The summed E-state index contributed by atoms with van der Waals surface area (Å²) in [7, 11) is 0. The Labute approximate surface area is 126 Å². The summed E-state index contributed by atoms with van der Waals surface area (Å²) in [5.41, 5.74) is 0.842. The van der Waals surface area contributed by atoms with Crippen LogP contribution >= 0.6 is 0 Å².